The van der Waals surface area contributed by atoms with Crippen LogP contribution < -0.4 is 24.8 Å². The average Bonchev–Trinajstić information content (AvgIpc) is 4.10. The lowest BCUT2D eigenvalue weighted by Crippen LogP contribution is -2.51. The summed E-state index contributed by atoms with van der Waals surface area (Å²) < 4.78 is 29.5. The first-order valence-electron chi connectivity index (χ1n) is 23.1. The molecule has 4 aliphatic rings. The van der Waals surface area contributed by atoms with Crippen molar-refractivity contribution >= 4 is 79.3 Å². The van der Waals surface area contributed by atoms with Crippen LogP contribution in [0.5, 0.6) is 17.2 Å². The maximum absolute atomic E-state index is 14.2. The lowest BCUT2D eigenvalue weighted by Gasteiger charge is -2.33. The summed E-state index contributed by atoms with van der Waals surface area (Å²) in [6.07, 6.45) is 1.17. The Hall–Kier alpha value is -5.33. The van der Waals surface area contributed by atoms with Crippen molar-refractivity contribution in [1.29, 1.82) is 0 Å². The van der Waals surface area contributed by atoms with E-state index in [1.54, 1.807) is 53.3 Å². The SMILES string of the molecule is C=C1C[C@@H](C2OCCN2C(=O)OCCSSc2ccccc2)N(C(=O)c2cc(OC)c(OCCCCCC(=O)N3CC(CCl)c4c3cc(OC(=O)N3CCN(C)CC3)c3ccccc43)cc2N)C1. The van der Waals surface area contributed by atoms with Crippen molar-refractivity contribution < 1.29 is 42.9 Å². The second-order valence-electron chi connectivity index (χ2n) is 17.4. The summed E-state index contributed by atoms with van der Waals surface area (Å²) in [5, 5.41) is 1.74. The first kappa shape index (κ1) is 49.1. The highest BCUT2D eigenvalue weighted by Crippen LogP contribution is 2.46. The molecular weight excluding hydrogens is 928 g/mol. The fraction of sp³-hybridized carbons (Fsp3) is 0.440. The fourth-order valence-corrected chi connectivity index (χ4v) is 11.3. The molecule has 4 amide bonds. The minimum absolute atomic E-state index is 0.0272. The summed E-state index contributed by atoms with van der Waals surface area (Å²) in [5.74, 6) is 1.70. The van der Waals surface area contributed by atoms with Crippen LogP contribution in [-0.4, -0.2) is 147 Å². The molecule has 3 saturated heterocycles. The number of halogens is 1. The number of unbranched alkanes of at least 4 members (excludes halogenated alkanes) is 2. The largest absolute Gasteiger partial charge is 0.493 e. The van der Waals surface area contributed by atoms with E-state index in [4.69, 9.17) is 41.0 Å². The van der Waals surface area contributed by atoms with E-state index in [9.17, 15) is 19.2 Å². The molecule has 3 atom stereocenters. The van der Waals surface area contributed by atoms with Crippen molar-refractivity contribution in [2.75, 3.05) is 102 Å². The number of methoxy groups -OCH3 is 1. The summed E-state index contributed by atoms with van der Waals surface area (Å²) in [7, 11) is 6.77. The molecule has 0 radical (unpaired) electrons. The molecule has 0 saturated carbocycles. The number of anilines is 2. The van der Waals surface area contributed by atoms with Crippen LogP contribution in [0.2, 0.25) is 0 Å². The van der Waals surface area contributed by atoms with Gasteiger partial charge in [0.1, 0.15) is 12.4 Å². The summed E-state index contributed by atoms with van der Waals surface area (Å²) in [4.78, 5) is 64.6. The number of likely N-dealkylation sites (N-methyl/N-ethyl adjacent to an activating group) is 1. The predicted molar refractivity (Wildman–Crippen MR) is 267 cm³/mol. The number of carbonyl (C=O) groups excluding carboxylic acids is 4. The molecule has 8 rings (SSSR count). The van der Waals surface area contributed by atoms with Crippen LogP contribution in [0.1, 0.15) is 53.9 Å². The number of rotatable bonds is 17. The van der Waals surface area contributed by atoms with Crippen molar-refractivity contribution in [1.82, 2.24) is 19.6 Å². The molecule has 68 heavy (non-hydrogen) atoms. The van der Waals surface area contributed by atoms with E-state index in [2.05, 4.69) is 11.5 Å². The Morgan fingerprint density at radius 1 is 0.868 bits per heavy atom. The maximum Gasteiger partial charge on any atom is 0.415 e. The number of nitrogens with zero attached hydrogens (tertiary/aromatic N) is 5. The Kier molecular flexibility index (Phi) is 16.5. The minimum Gasteiger partial charge on any atom is -0.493 e. The van der Waals surface area contributed by atoms with Crippen LogP contribution in [0.25, 0.3) is 10.8 Å². The summed E-state index contributed by atoms with van der Waals surface area (Å²) >= 11 is 6.51. The van der Waals surface area contributed by atoms with E-state index >= 15 is 0 Å². The third kappa shape index (κ3) is 11.2. The molecular formula is C50H59ClN6O9S2. The van der Waals surface area contributed by atoms with Crippen LogP contribution in [0.3, 0.4) is 0 Å². The third-order valence-corrected chi connectivity index (χ3v) is 15.5. The molecule has 18 heteroatoms. The Labute approximate surface area is 410 Å². The standard InChI is InChI=1S/C50H59ClN6O9S2/c1-33-26-41(48-55(21-23-64-48)50(61)65-24-25-67-68-35-12-6-4-7-13-35)57(31-33)47(59)38-27-43(62-3)44(28-39(38)52)63-22-11-5-8-16-45(58)56-32-34(30-51)46-37-15-10-9-14-36(37)42(29-40(46)56)66-49(60)54-19-17-53(2)18-20-54/h4,6-7,9-10,12-15,27-29,34,41,48H,1,5,8,11,16-26,30-32,52H2,2-3H3/t34?,41-,48?/m0/s1. The van der Waals surface area contributed by atoms with Gasteiger partial charge in [0.2, 0.25) is 5.91 Å². The van der Waals surface area contributed by atoms with Gasteiger partial charge in [0, 0.05) is 91.3 Å². The first-order valence-corrected chi connectivity index (χ1v) is 25.9. The minimum atomic E-state index is -0.705. The van der Waals surface area contributed by atoms with Gasteiger partial charge in [-0.05, 0) is 61.9 Å². The van der Waals surface area contributed by atoms with Gasteiger partial charge in [0.15, 0.2) is 17.7 Å². The molecule has 4 aromatic rings. The molecule has 0 aliphatic carbocycles. The van der Waals surface area contributed by atoms with Crippen LogP contribution in [0.15, 0.2) is 89.8 Å². The van der Waals surface area contributed by atoms with Gasteiger partial charge in [0.05, 0.1) is 44.2 Å². The van der Waals surface area contributed by atoms with Gasteiger partial charge in [-0.1, -0.05) is 76.2 Å². The lowest BCUT2D eigenvalue weighted by atomic mass is 9.95. The second-order valence-corrected chi connectivity index (χ2v) is 20.2. The van der Waals surface area contributed by atoms with E-state index in [0.29, 0.717) is 100 Å². The number of piperazine rings is 1. The van der Waals surface area contributed by atoms with Gasteiger partial charge in [0.25, 0.3) is 5.91 Å². The van der Waals surface area contributed by atoms with Crippen LogP contribution in [0, 0.1) is 0 Å². The second kappa shape index (κ2) is 22.9. The van der Waals surface area contributed by atoms with Crippen molar-refractivity contribution in [2.45, 2.75) is 55.2 Å². The Morgan fingerprint density at radius 2 is 1.63 bits per heavy atom. The number of nitrogens with two attached hydrogens (primary N) is 1. The lowest BCUT2D eigenvalue weighted by molar-refractivity contribution is -0.118. The van der Waals surface area contributed by atoms with E-state index in [-0.39, 0.29) is 42.1 Å². The van der Waals surface area contributed by atoms with Gasteiger partial charge < -0.3 is 49.0 Å². The Balaban J connectivity index is 0.836. The highest BCUT2D eigenvalue weighted by atomic mass is 35.5. The highest BCUT2D eigenvalue weighted by Gasteiger charge is 2.45. The molecule has 4 aliphatic heterocycles. The number of likely N-dealkylation sites (tertiary alicyclic amines) is 1. The molecule has 2 unspecified atom stereocenters. The van der Waals surface area contributed by atoms with E-state index in [0.717, 1.165) is 45.6 Å². The number of amides is 4. The smallest absolute Gasteiger partial charge is 0.415 e. The molecule has 3 fully saturated rings. The van der Waals surface area contributed by atoms with Gasteiger partial charge in [-0.25, -0.2) is 9.59 Å². The number of ether oxygens (including phenoxy) is 5. The average molecular weight is 988 g/mol. The zero-order chi connectivity index (χ0) is 47.7. The third-order valence-electron chi connectivity index (χ3n) is 12.8. The zero-order valence-electron chi connectivity index (χ0n) is 38.6. The Morgan fingerprint density at radius 3 is 2.40 bits per heavy atom. The number of benzene rings is 4. The summed E-state index contributed by atoms with van der Waals surface area (Å²) in [6, 6.07) is 22.3. The van der Waals surface area contributed by atoms with E-state index < -0.39 is 24.5 Å². The number of carbonyl (C=O) groups is 4. The van der Waals surface area contributed by atoms with Gasteiger partial charge in [-0.2, -0.15) is 0 Å². The van der Waals surface area contributed by atoms with Crippen molar-refractivity contribution in [3.63, 3.8) is 0 Å². The molecule has 4 heterocycles. The molecule has 4 aromatic carbocycles. The van der Waals surface area contributed by atoms with Crippen molar-refractivity contribution in [3.8, 4) is 17.2 Å². The number of hydrogen-bond acceptors (Lipinski definition) is 13. The summed E-state index contributed by atoms with van der Waals surface area (Å²) in [6.45, 7) is 8.85. The first-order chi connectivity index (χ1) is 33.0. The molecule has 0 aromatic heterocycles. The molecule has 2 N–H and O–H groups in total. The highest BCUT2D eigenvalue weighted by molar-refractivity contribution is 8.76. The molecule has 0 spiro atoms. The zero-order valence-corrected chi connectivity index (χ0v) is 41.0. The van der Waals surface area contributed by atoms with Crippen molar-refractivity contribution in [2.24, 2.45) is 0 Å². The molecule has 362 valence electrons. The number of alkyl halides is 1. The van der Waals surface area contributed by atoms with E-state index in [1.165, 1.54) is 7.11 Å². The normalized spacial score (nSPS) is 19.4. The van der Waals surface area contributed by atoms with Crippen LogP contribution in [0.4, 0.5) is 21.0 Å². The fourth-order valence-electron chi connectivity index (χ4n) is 9.21. The quantitative estimate of drug-likeness (QED) is 0.0354. The van der Waals surface area contributed by atoms with Gasteiger partial charge in [-0.15, -0.1) is 11.6 Å². The Bertz CT molecular complexity index is 2480. The summed E-state index contributed by atoms with van der Waals surface area (Å²) in [5.41, 5.74) is 9.55. The number of nitrogen functional groups attached to an aromatic ring is 1. The van der Waals surface area contributed by atoms with E-state index in [1.807, 2.05) is 67.7 Å². The van der Waals surface area contributed by atoms with Gasteiger partial charge >= 0.3 is 12.2 Å². The topological polar surface area (TPSA) is 157 Å². The van der Waals surface area contributed by atoms with Crippen LogP contribution in [-0.2, 0) is 14.3 Å². The number of fused-ring (bicyclic) bond motifs is 3. The van der Waals surface area contributed by atoms with Crippen LogP contribution >= 0.6 is 33.2 Å². The van der Waals surface area contributed by atoms with Gasteiger partial charge in [-0.3, -0.25) is 14.5 Å². The number of hydrogen-bond donors (Lipinski definition) is 1. The predicted octanol–water partition coefficient (Wildman–Crippen LogP) is 8.49. The monoisotopic (exact) mass is 986 g/mol. The maximum atomic E-state index is 14.2. The molecule has 0 bridgehead atoms. The van der Waals surface area contributed by atoms with Crippen molar-refractivity contribution in [3.05, 3.63) is 96.1 Å². The molecule has 15 nitrogen and oxygen atoms in total.